The fourth-order valence-corrected chi connectivity index (χ4v) is 3.20. The SMILES string of the molecule is Cc1cc(C2CC(CN)CN2C)cc(CN(C)C)c1O. The summed E-state index contributed by atoms with van der Waals surface area (Å²) < 4.78 is 0. The number of hydrogen-bond donors (Lipinski definition) is 2. The molecular formula is C16H27N3O. The second-order valence-electron chi connectivity index (χ2n) is 6.38. The molecule has 1 aromatic carbocycles. The van der Waals surface area contributed by atoms with Crippen molar-refractivity contribution in [2.24, 2.45) is 11.7 Å². The Morgan fingerprint density at radius 3 is 2.65 bits per heavy atom. The number of benzene rings is 1. The highest BCUT2D eigenvalue weighted by molar-refractivity contribution is 5.44. The van der Waals surface area contributed by atoms with Crippen LogP contribution in [0.2, 0.25) is 0 Å². The first-order chi connectivity index (χ1) is 9.42. The summed E-state index contributed by atoms with van der Waals surface area (Å²) in [6.45, 7) is 4.55. The number of rotatable bonds is 4. The Morgan fingerprint density at radius 2 is 2.10 bits per heavy atom. The summed E-state index contributed by atoms with van der Waals surface area (Å²) in [5.41, 5.74) is 9.09. The predicted octanol–water partition coefficient (Wildman–Crippen LogP) is 1.71. The van der Waals surface area contributed by atoms with Gasteiger partial charge in [-0.3, -0.25) is 4.90 Å². The van der Waals surface area contributed by atoms with Crippen molar-refractivity contribution >= 4 is 0 Å². The number of nitrogens with zero attached hydrogens (tertiary/aromatic N) is 2. The molecule has 2 rings (SSSR count). The number of hydrogen-bond acceptors (Lipinski definition) is 4. The third-order valence-corrected chi connectivity index (χ3v) is 4.24. The van der Waals surface area contributed by atoms with E-state index >= 15 is 0 Å². The Bertz CT molecular complexity index is 473. The van der Waals surface area contributed by atoms with Crippen molar-refractivity contribution < 1.29 is 5.11 Å². The van der Waals surface area contributed by atoms with E-state index in [-0.39, 0.29) is 0 Å². The van der Waals surface area contributed by atoms with Crippen LogP contribution >= 0.6 is 0 Å². The van der Waals surface area contributed by atoms with Gasteiger partial charge in [0.2, 0.25) is 0 Å². The molecule has 112 valence electrons. The summed E-state index contributed by atoms with van der Waals surface area (Å²) in [4.78, 5) is 4.46. The zero-order chi connectivity index (χ0) is 14.9. The average molecular weight is 277 g/mol. The molecule has 3 N–H and O–H groups in total. The van der Waals surface area contributed by atoms with Gasteiger partial charge in [0, 0.05) is 24.7 Å². The molecule has 1 aliphatic rings. The van der Waals surface area contributed by atoms with Crippen molar-refractivity contribution in [1.29, 1.82) is 0 Å². The van der Waals surface area contributed by atoms with E-state index in [1.54, 1.807) is 0 Å². The molecule has 0 radical (unpaired) electrons. The molecule has 4 heteroatoms. The van der Waals surface area contributed by atoms with E-state index in [0.717, 1.165) is 37.2 Å². The summed E-state index contributed by atoms with van der Waals surface area (Å²) in [5.74, 6) is 1.01. The maximum Gasteiger partial charge on any atom is 0.122 e. The van der Waals surface area contributed by atoms with Crippen LogP contribution < -0.4 is 5.73 Å². The smallest absolute Gasteiger partial charge is 0.122 e. The van der Waals surface area contributed by atoms with E-state index < -0.39 is 0 Å². The highest BCUT2D eigenvalue weighted by atomic mass is 16.3. The fraction of sp³-hybridized carbons (Fsp3) is 0.625. The van der Waals surface area contributed by atoms with Crippen molar-refractivity contribution in [3.63, 3.8) is 0 Å². The molecule has 0 aromatic heterocycles. The Labute approximate surface area is 122 Å². The van der Waals surface area contributed by atoms with Crippen LogP contribution in [0.1, 0.15) is 29.2 Å². The summed E-state index contributed by atoms with van der Waals surface area (Å²) in [5, 5.41) is 10.2. The Morgan fingerprint density at radius 1 is 1.40 bits per heavy atom. The monoisotopic (exact) mass is 277 g/mol. The van der Waals surface area contributed by atoms with Crippen LogP contribution in [0.5, 0.6) is 5.75 Å². The van der Waals surface area contributed by atoms with Gasteiger partial charge < -0.3 is 15.7 Å². The van der Waals surface area contributed by atoms with E-state index in [1.807, 2.05) is 21.0 Å². The van der Waals surface area contributed by atoms with Gasteiger partial charge in [-0.15, -0.1) is 0 Å². The molecule has 20 heavy (non-hydrogen) atoms. The molecule has 0 spiro atoms. The van der Waals surface area contributed by atoms with Crippen molar-refractivity contribution in [2.75, 3.05) is 34.2 Å². The van der Waals surface area contributed by atoms with E-state index in [9.17, 15) is 5.11 Å². The van der Waals surface area contributed by atoms with E-state index in [4.69, 9.17) is 5.73 Å². The summed E-state index contributed by atoms with van der Waals surface area (Å²) in [6.07, 6.45) is 1.11. The van der Waals surface area contributed by atoms with Crippen molar-refractivity contribution in [1.82, 2.24) is 9.80 Å². The van der Waals surface area contributed by atoms with Gasteiger partial charge in [0.05, 0.1) is 0 Å². The number of aryl methyl sites for hydroxylation is 1. The standard InChI is InChI=1S/C16H27N3O/c1-11-5-13(7-14(16(11)20)10-18(2)3)15-6-12(8-17)9-19(15)4/h5,7,12,15,20H,6,8-10,17H2,1-4H3. The van der Waals surface area contributed by atoms with Gasteiger partial charge in [-0.05, 0) is 64.1 Å². The zero-order valence-electron chi connectivity index (χ0n) is 13.1. The van der Waals surface area contributed by atoms with Gasteiger partial charge in [0.25, 0.3) is 0 Å². The lowest BCUT2D eigenvalue weighted by Crippen LogP contribution is -2.21. The highest BCUT2D eigenvalue weighted by Gasteiger charge is 2.30. The molecule has 0 amide bonds. The lowest BCUT2D eigenvalue weighted by Gasteiger charge is -2.22. The molecule has 1 aromatic rings. The molecule has 1 aliphatic heterocycles. The van der Waals surface area contributed by atoms with Gasteiger partial charge in [-0.25, -0.2) is 0 Å². The first-order valence-corrected chi connectivity index (χ1v) is 7.29. The number of phenols is 1. The van der Waals surface area contributed by atoms with Crippen LogP contribution in [0.25, 0.3) is 0 Å². The Hall–Kier alpha value is -1.10. The second kappa shape index (κ2) is 6.12. The third kappa shape index (κ3) is 3.14. The Kier molecular flexibility index (Phi) is 4.68. The van der Waals surface area contributed by atoms with Crippen molar-refractivity contribution in [3.05, 3.63) is 28.8 Å². The van der Waals surface area contributed by atoms with E-state index in [2.05, 4.69) is 29.0 Å². The molecule has 0 aliphatic carbocycles. The van der Waals surface area contributed by atoms with Gasteiger partial charge >= 0.3 is 0 Å². The van der Waals surface area contributed by atoms with Gasteiger partial charge in [0.1, 0.15) is 5.75 Å². The first kappa shape index (κ1) is 15.3. The molecule has 1 fully saturated rings. The van der Waals surface area contributed by atoms with E-state index in [0.29, 0.717) is 17.7 Å². The van der Waals surface area contributed by atoms with Crippen LogP contribution in [0.3, 0.4) is 0 Å². The quantitative estimate of drug-likeness (QED) is 0.880. The molecule has 2 unspecified atom stereocenters. The molecule has 4 nitrogen and oxygen atoms in total. The van der Waals surface area contributed by atoms with Gasteiger partial charge in [-0.1, -0.05) is 6.07 Å². The molecule has 1 saturated heterocycles. The summed E-state index contributed by atoms with van der Waals surface area (Å²) in [7, 11) is 6.20. The second-order valence-corrected chi connectivity index (χ2v) is 6.38. The topological polar surface area (TPSA) is 52.7 Å². The normalized spacial score (nSPS) is 23.7. The molecule has 0 saturated carbocycles. The minimum atomic E-state index is 0.420. The minimum Gasteiger partial charge on any atom is -0.507 e. The summed E-state index contributed by atoms with van der Waals surface area (Å²) in [6, 6.07) is 4.69. The van der Waals surface area contributed by atoms with Crippen molar-refractivity contribution in [3.8, 4) is 5.75 Å². The Balaban J connectivity index is 2.30. The van der Waals surface area contributed by atoms with Crippen LogP contribution in [-0.4, -0.2) is 49.1 Å². The van der Waals surface area contributed by atoms with Crippen LogP contribution in [0.4, 0.5) is 0 Å². The van der Waals surface area contributed by atoms with E-state index in [1.165, 1.54) is 5.56 Å². The van der Waals surface area contributed by atoms with Gasteiger partial charge in [-0.2, -0.15) is 0 Å². The highest BCUT2D eigenvalue weighted by Crippen LogP contribution is 2.36. The molecule has 0 bridgehead atoms. The lowest BCUT2D eigenvalue weighted by atomic mass is 9.95. The predicted molar refractivity (Wildman–Crippen MR) is 82.8 cm³/mol. The van der Waals surface area contributed by atoms with Crippen LogP contribution in [0.15, 0.2) is 12.1 Å². The number of nitrogens with two attached hydrogens (primary N) is 1. The molecule has 1 heterocycles. The largest absolute Gasteiger partial charge is 0.507 e. The maximum atomic E-state index is 10.2. The average Bonchev–Trinajstić information content (AvgIpc) is 2.75. The number of aromatic hydroxyl groups is 1. The van der Waals surface area contributed by atoms with Crippen molar-refractivity contribution in [2.45, 2.75) is 25.9 Å². The lowest BCUT2D eigenvalue weighted by molar-refractivity contribution is 0.312. The molecule has 2 atom stereocenters. The van der Waals surface area contributed by atoms with Gasteiger partial charge in [0.15, 0.2) is 0 Å². The summed E-state index contributed by atoms with van der Waals surface area (Å²) >= 11 is 0. The minimum absolute atomic E-state index is 0.420. The number of phenolic OH excluding ortho intramolecular Hbond substituents is 1. The maximum absolute atomic E-state index is 10.2. The fourth-order valence-electron chi connectivity index (χ4n) is 3.20. The van der Waals surface area contributed by atoms with Crippen LogP contribution in [0, 0.1) is 12.8 Å². The first-order valence-electron chi connectivity index (χ1n) is 7.29. The third-order valence-electron chi connectivity index (χ3n) is 4.24. The zero-order valence-corrected chi connectivity index (χ0v) is 13.1. The van der Waals surface area contributed by atoms with Crippen LogP contribution in [-0.2, 0) is 6.54 Å². The molecular weight excluding hydrogens is 250 g/mol. The number of likely N-dealkylation sites (tertiary alicyclic amines) is 1.